The van der Waals surface area contributed by atoms with Crippen molar-refractivity contribution < 1.29 is 23.9 Å². The van der Waals surface area contributed by atoms with Crippen molar-refractivity contribution in [3.63, 3.8) is 0 Å². The van der Waals surface area contributed by atoms with Crippen LogP contribution in [0.2, 0.25) is 0 Å². The molecular formula is C14H15FN2O4. The molecule has 0 aromatic heterocycles. The van der Waals surface area contributed by atoms with Gasteiger partial charge in [-0.3, -0.25) is 9.59 Å². The molecule has 3 N–H and O–H groups in total. The van der Waals surface area contributed by atoms with Crippen molar-refractivity contribution in [2.75, 3.05) is 13.1 Å². The molecule has 7 heteroatoms. The molecule has 21 heavy (non-hydrogen) atoms. The summed E-state index contributed by atoms with van der Waals surface area (Å²) >= 11 is 0. The molecule has 0 saturated heterocycles. The fraction of sp³-hybridized carbons (Fsp3) is 0.214. The van der Waals surface area contributed by atoms with E-state index in [1.807, 2.05) is 0 Å². The van der Waals surface area contributed by atoms with Crippen molar-refractivity contribution in [2.45, 2.75) is 6.92 Å². The van der Waals surface area contributed by atoms with Crippen molar-refractivity contribution in [1.29, 1.82) is 0 Å². The zero-order valence-electron chi connectivity index (χ0n) is 11.4. The molecule has 1 aromatic carbocycles. The van der Waals surface area contributed by atoms with Crippen LogP contribution >= 0.6 is 0 Å². The molecule has 0 atom stereocenters. The van der Waals surface area contributed by atoms with E-state index in [4.69, 9.17) is 5.11 Å². The van der Waals surface area contributed by atoms with Gasteiger partial charge in [-0.25, -0.2) is 9.18 Å². The zero-order valence-corrected chi connectivity index (χ0v) is 11.4. The molecule has 1 aromatic rings. The molecule has 112 valence electrons. The van der Waals surface area contributed by atoms with Crippen molar-refractivity contribution in [1.82, 2.24) is 10.6 Å². The minimum absolute atomic E-state index is 0.258. The number of nitrogens with one attached hydrogen (secondary N) is 2. The molecule has 0 unspecified atom stereocenters. The monoisotopic (exact) mass is 294 g/mol. The maximum atomic E-state index is 13.6. The number of carboxylic acids is 1. The fourth-order valence-corrected chi connectivity index (χ4v) is 1.50. The average Bonchev–Trinajstić information content (AvgIpc) is 2.44. The molecule has 0 aliphatic heterocycles. The number of carbonyl (C=O) groups is 3. The van der Waals surface area contributed by atoms with Gasteiger partial charge in [-0.2, -0.15) is 0 Å². The Balaban J connectivity index is 2.81. The zero-order chi connectivity index (χ0) is 15.8. The Labute approximate surface area is 120 Å². The molecule has 0 radical (unpaired) electrons. The summed E-state index contributed by atoms with van der Waals surface area (Å²) in [6.07, 6.45) is 2.12. The van der Waals surface area contributed by atoms with E-state index in [1.165, 1.54) is 18.2 Å². The van der Waals surface area contributed by atoms with E-state index in [9.17, 15) is 18.8 Å². The maximum absolute atomic E-state index is 13.6. The summed E-state index contributed by atoms with van der Waals surface area (Å²) in [6.45, 7) is 1.90. The van der Waals surface area contributed by atoms with Crippen LogP contribution in [0, 0.1) is 5.82 Å². The Morgan fingerprint density at radius 1 is 1.29 bits per heavy atom. The second kappa shape index (κ2) is 7.78. The molecule has 0 spiro atoms. The van der Waals surface area contributed by atoms with Crippen molar-refractivity contribution in [3.05, 3.63) is 41.2 Å². The van der Waals surface area contributed by atoms with Gasteiger partial charge in [0.2, 0.25) is 5.91 Å². The number of benzene rings is 1. The SMILES string of the molecule is CCNC(=O)CNC(=O)c1cc(C=CC(=O)O)ccc1F. The first-order valence-corrected chi connectivity index (χ1v) is 6.19. The van der Waals surface area contributed by atoms with Crippen LogP contribution in [0.25, 0.3) is 6.08 Å². The molecule has 0 aliphatic carbocycles. The number of amides is 2. The van der Waals surface area contributed by atoms with Crippen LogP contribution < -0.4 is 10.6 Å². The normalized spacial score (nSPS) is 10.4. The lowest BCUT2D eigenvalue weighted by atomic mass is 10.1. The van der Waals surface area contributed by atoms with Gasteiger partial charge in [-0.1, -0.05) is 6.07 Å². The lowest BCUT2D eigenvalue weighted by Gasteiger charge is -2.07. The first kappa shape index (κ1) is 16.4. The number of carboxylic acid groups (broad SMARTS) is 1. The highest BCUT2D eigenvalue weighted by Gasteiger charge is 2.13. The van der Waals surface area contributed by atoms with Gasteiger partial charge in [0.1, 0.15) is 5.82 Å². The lowest BCUT2D eigenvalue weighted by Crippen LogP contribution is -2.37. The standard InChI is InChI=1S/C14H15FN2O4/c1-2-16-12(18)8-17-14(21)10-7-9(3-5-11(10)15)4-6-13(19)20/h3-7H,2,8H2,1H3,(H,16,18)(H,17,21)(H,19,20). The summed E-state index contributed by atoms with van der Waals surface area (Å²) in [5.74, 6) is -3.03. The second-order valence-electron chi connectivity index (χ2n) is 4.05. The van der Waals surface area contributed by atoms with Crippen molar-refractivity contribution in [3.8, 4) is 0 Å². The van der Waals surface area contributed by atoms with E-state index in [0.717, 1.165) is 12.1 Å². The van der Waals surface area contributed by atoms with Gasteiger partial charge in [0.15, 0.2) is 0 Å². The second-order valence-corrected chi connectivity index (χ2v) is 4.05. The Morgan fingerprint density at radius 3 is 2.62 bits per heavy atom. The van der Waals surface area contributed by atoms with E-state index in [0.29, 0.717) is 12.1 Å². The topological polar surface area (TPSA) is 95.5 Å². The highest BCUT2D eigenvalue weighted by Crippen LogP contribution is 2.12. The average molecular weight is 294 g/mol. The lowest BCUT2D eigenvalue weighted by molar-refractivity contribution is -0.131. The maximum Gasteiger partial charge on any atom is 0.328 e. The van der Waals surface area contributed by atoms with Crippen LogP contribution in [0.15, 0.2) is 24.3 Å². The predicted octanol–water partition coefficient (Wildman–Crippen LogP) is 0.789. The number of carbonyl (C=O) groups excluding carboxylic acids is 2. The van der Waals surface area contributed by atoms with Gasteiger partial charge in [0, 0.05) is 12.6 Å². The van der Waals surface area contributed by atoms with Crippen LogP contribution in [-0.2, 0) is 9.59 Å². The van der Waals surface area contributed by atoms with Crippen LogP contribution in [0.5, 0.6) is 0 Å². The van der Waals surface area contributed by atoms with Gasteiger partial charge in [0.05, 0.1) is 12.1 Å². The largest absolute Gasteiger partial charge is 0.478 e. The van der Waals surface area contributed by atoms with E-state index >= 15 is 0 Å². The Hall–Kier alpha value is -2.70. The predicted molar refractivity (Wildman–Crippen MR) is 74.1 cm³/mol. The van der Waals surface area contributed by atoms with E-state index in [1.54, 1.807) is 6.92 Å². The van der Waals surface area contributed by atoms with Crippen LogP contribution in [0.4, 0.5) is 4.39 Å². The van der Waals surface area contributed by atoms with Crippen LogP contribution in [-0.4, -0.2) is 36.0 Å². The number of hydrogen-bond donors (Lipinski definition) is 3. The molecule has 0 aliphatic rings. The summed E-state index contributed by atoms with van der Waals surface area (Å²) in [6, 6.07) is 3.61. The number of rotatable bonds is 6. The summed E-state index contributed by atoms with van der Waals surface area (Å²) in [5, 5.41) is 13.3. The number of aliphatic carboxylic acids is 1. The van der Waals surface area contributed by atoms with Gasteiger partial charge in [0.25, 0.3) is 5.91 Å². The minimum Gasteiger partial charge on any atom is -0.478 e. The Bertz CT molecular complexity index is 584. The first-order valence-electron chi connectivity index (χ1n) is 6.19. The third-order valence-electron chi connectivity index (χ3n) is 2.44. The summed E-state index contributed by atoms with van der Waals surface area (Å²) in [7, 11) is 0. The van der Waals surface area contributed by atoms with Crippen molar-refractivity contribution >= 4 is 23.9 Å². The fourth-order valence-electron chi connectivity index (χ4n) is 1.50. The van der Waals surface area contributed by atoms with E-state index < -0.39 is 17.7 Å². The molecule has 0 saturated carbocycles. The molecule has 0 fully saturated rings. The van der Waals surface area contributed by atoms with E-state index in [2.05, 4.69) is 10.6 Å². The van der Waals surface area contributed by atoms with Gasteiger partial charge < -0.3 is 15.7 Å². The molecule has 0 heterocycles. The van der Waals surface area contributed by atoms with E-state index in [-0.39, 0.29) is 18.0 Å². The van der Waals surface area contributed by atoms with Crippen LogP contribution in [0.3, 0.4) is 0 Å². The number of likely N-dealkylation sites (N-methyl/N-ethyl adjacent to an activating group) is 1. The highest BCUT2D eigenvalue weighted by molar-refractivity contribution is 5.97. The summed E-state index contributed by atoms with van der Waals surface area (Å²) < 4.78 is 13.6. The number of halogens is 1. The summed E-state index contributed by atoms with van der Waals surface area (Å²) in [5.41, 5.74) is 0.105. The Morgan fingerprint density at radius 2 is 2.00 bits per heavy atom. The van der Waals surface area contributed by atoms with Gasteiger partial charge in [-0.15, -0.1) is 0 Å². The molecule has 0 bridgehead atoms. The first-order chi connectivity index (χ1) is 9.93. The molecule has 1 rings (SSSR count). The Kier molecular flexibility index (Phi) is 6.06. The van der Waals surface area contributed by atoms with Gasteiger partial charge >= 0.3 is 5.97 Å². The van der Waals surface area contributed by atoms with Crippen molar-refractivity contribution in [2.24, 2.45) is 0 Å². The molecule has 2 amide bonds. The van der Waals surface area contributed by atoms with Gasteiger partial charge in [-0.05, 0) is 30.7 Å². The summed E-state index contributed by atoms with van der Waals surface area (Å²) in [4.78, 5) is 33.4. The smallest absolute Gasteiger partial charge is 0.328 e. The third kappa shape index (κ3) is 5.43. The highest BCUT2D eigenvalue weighted by atomic mass is 19.1. The molecular weight excluding hydrogens is 279 g/mol. The van der Waals surface area contributed by atoms with Crippen LogP contribution in [0.1, 0.15) is 22.8 Å². The third-order valence-corrected chi connectivity index (χ3v) is 2.44. The molecule has 6 nitrogen and oxygen atoms in total. The number of hydrogen-bond acceptors (Lipinski definition) is 3. The quantitative estimate of drug-likeness (QED) is 0.676. The minimum atomic E-state index is -1.15.